The van der Waals surface area contributed by atoms with Crippen LogP contribution in [-0.2, 0) is 19.1 Å². The lowest BCUT2D eigenvalue weighted by Crippen LogP contribution is -2.53. The van der Waals surface area contributed by atoms with Gasteiger partial charge in [-0.05, 0) is 99.2 Å². The molecule has 1 saturated carbocycles. The number of anilines is 1. The number of fused-ring (bicyclic) bond motifs is 4. The molecule has 0 bridgehead atoms. The number of nitrogens with one attached hydrogen (secondary N) is 4. The molecule has 57 heavy (non-hydrogen) atoms. The van der Waals surface area contributed by atoms with Gasteiger partial charge in [-0.25, -0.2) is 14.4 Å². The summed E-state index contributed by atoms with van der Waals surface area (Å²) in [7, 11) is 0. The van der Waals surface area contributed by atoms with Gasteiger partial charge in [0.05, 0.1) is 0 Å². The lowest BCUT2D eigenvalue weighted by atomic mass is 9.84. The Hall–Kier alpha value is -5.65. The SMILES string of the molecule is Cc1cc(=O)oc2cc(NC(=O)[C@H](CCCCNC(=O)OC(C)(C)C)NC(=O)[C@H](CC3CCCCC3)NC(=O)OCC3c4ccccc4-c4ccccc43)ccc12. The van der Waals surface area contributed by atoms with E-state index in [1.165, 1.54) is 6.07 Å². The van der Waals surface area contributed by atoms with Crippen molar-refractivity contribution in [1.82, 2.24) is 16.0 Å². The molecule has 1 heterocycles. The minimum Gasteiger partial charge on any atom is -0.449 e. The molecule has 0 unspecified atom stereocenters. The summed E-state index contributed by atoms with van der Waals surface area (Å²) in [5, 5.41) is 12.1. The Morgan fingerprint density at radius 2 is 1.49 bits per heavy atom. The third-order valence-corrected chi connectivity index (χ3v) is 10.7. The van der Waals surface area contributed by atoms with E-state index in [1.54, 1.807) is 45.9 Å². The maximum Gasteiger partial charge on any atom is 0.407 e. The maximum absolute atomic E-state index is 14.2. The number of unbranched alkanes of at least 4 members (excludes halogenated alkanes) is 1. The third kappa shape index (κ3) is 11.0. The molecule has 1 fully saturated rings. The number of rotatable bonds is 14. The molecule has 6 rings (SSSR count). The van der Waals surface area contributed by atoms with Crippen molar-refractivity contribution in [3.8, 4) is 11.1 Å². The van der Waals surface area contributed by atoms with Gasteiger partial charge in [0.25, 0.3) is 0 Å². The number of amides is 4. The minimum atomic E-state index is -0.989. The van der Waals surface area contributed by atoms with Crippen LogP contribution >= 0.6 is 0 Å². The van der Waals surface area contributed by atoms with E-state index in [4.69, 9.17) is 13.9 Å². The first-order chi connectivity index (χ1) is 27.3. The van der Waals surface area contributed by atoms with E-state index in [9.17, 15) is 24.0 Å². The molecule has 0 spiro atoms. The molecule has 0 aliphatic heterocycles. The van der Waals surface area contributed by atoms with Gasteiger partial charge in [0.15, 0.2) is 0 Å². The lowest BCUT2D eigenvalue weighted by molar-refractivity contribution is -0.128. The first-order valence-corrected chi connectivity index (χ1v) is 20.1. The number of hydrogen-bond donors (Lipinski definition) is 4. The van der Waals surface area contributed by atoms with Crippen molar-refractivity contribution in [2.24, 2.45) is 5.92 Å². The number of hydrogen-bond acceptors (Lipinski definition) is 8. The van der Waals surface area contributed by atoms with Crippen LogP contribution in [0.25, 0.3) is 22.1 Å². The van der Waals surface area contributed by atoms with E-state index in [1.807, 2.05) is 36.4 Å². The van der Waals surface area contributed by atoms with Crippen molar-refractivity contribution < 1.29 is 33.1 Å². The van der Waals surface area contributed by atoms with Crippen LogP contribution in [0.2, 0.25) is 0 Å². The highest BCUT2D eigenvalue weighted by molar-refractivity contribution is 5.99. The molecular weight excluding hydrogens is 725 g/mol. The zero-order valence-electron chi connectivity index (χ0n) is 33.3. The van der Waals surface area contributed by atoms with E-state index in [2.05, 4.69) is 33.4 Å². The van der Waals surface area contributed by atoms with Crippen molar-refractivity contribution in [1.29, 1.82) is 0 Å². The van der Waals surface area contributed by atoms with Gasteiger partial charge in [-0.2, -0.15) is 0 Å². The molecule has 12 nitrogen and oxygen atoms in total. The van der Waals surface area contributed by atoms with Crippen LogP contribution in [0.4, 0.5) is 15.3 Å². The highest BCUT2D eigenvalue weighted by atomic mass is 16.6. The van der Waals surface area contributed by atoms with E-state index in [0.717, 1.165) is 65.3 Å². The van der Waals surface area contributed by atoms with Crippen LogP contribution in [-0.4, -0.2) is 54.8 Å². The summed E-state index contributed by atoms with van der Waals surface area (Å²) in [6.07, 6.45) is 5.55. The molecule has 2 atom stereocenters. The van der Waals surface area contributed by atoms with Crippen molar-refractivity contribution in [2.75, 3.05) is 18.5 Å². The number of alkyl carbamates (subject to hydrolysis) is 2. The zero-order chi connectivity index (χ0) is 40.5. The molecule has 4 aromatic rings. The number of aryl methyl sites for hydroxylation is 1. The fourth-order valence-corrected chi connectivity index (χ4v) is 7.92. The van der Waals surface area contributed by atoms with Crippen molar-refractivity contribution >= 4 is 40.7 Å². The highest BCUT2D eigenvalue weighted by Crippen LogP contribution is 2.44. The predicted molar refractivity (Wildman–Crippen MR) is 219 cm³/mol. The topological polar surface area (TPSA) is 165 Å². The molecular formula is C45H54N4O8. The molecule has 2 aliphatic rings. The Bertz CT molecular complexity index is 2090. The Balaban J connectivity index is 1.15. The monoisotopic (exact) mass is 778 g/mol. The molecule has 0 saturated heterocycles. The number of carbonyl (C=O) groups is 4. The average Bonchev–Trinajstić information content (AvgIpc) is 3.49. The van der Waals surface area contributed by atoms with Gasteiger partial charge in [0, 0.05) is 35.7 Å². The van der Waals surface area contributed by atoms with E-state index < -0.39 is 47.3 Å². The van der Waals surface area contributed by atoms with Gasteiger partial charge in [0.2, 0.25) is 11.8 Å². The summed E-state index contributed by atoms with van der Waals surface area (Å²) in [6.45, 7) is 7.58. The van der Waals surface area contributed by atoms with Crippen LogP contribution in [0.15, 0.2) is 82.0 Å². The highest BCUT2D eigenvalue weighted by Gasteiger charge is 2.32. The Kier molecular flexibility index (Phi) is 13.3. The fourth-order valence-electron chi connectivity index (χ4n) is 7.92. The van der Waals surface area contributed by atoms with Gasteiger partial charge in [0.1, 0.15) is 29.9 Å². The first-order valence-electron chi connectivity index (χ1n) is 20.1. The molecule has 302 valence electrons. The summed E-state index contributed by atoms with van der Waals surface area (Å²) in [6, 6.07) is 20.7. The van der Waals surface area contributed by atoms with Gasteiger partial charge >= 0.3 is 17.8 Å². The lowest BCUT2D eigenvalue weighted by Gasteiger charge is -2.28. The average molecular weight is 779 g/mol. The van der Waals surface area contributed by atoms with Crippen LogP contribution in [0.5, 0.6) is 0 Å². The number of ether oxygens (including phenoxy) is 2. The number of carbonyl (C=O) groups excluding carboxylic acids is 4. The Morgan fingerprint density at radius 3 is 2.18 bits per heavy atom. The fraction of sp³-hybridized carbons (Fsp3) is 0.444. The predicted octanol–water partition coefficient (Wildman–Crippen LogP) is 8.10. The number of benzene rings is 3. The van der Waals surface area contributed by atoms with Crippen LogP contribution < -0.4 is 26.9 Å². The van der Waals surface area contributed by atoms with Crippen molar-refractivity contribution in [3.05, 3.63) is 99.9 Å². The van der Waals surface area contributed by atoms with Crippen LogP contribution in [0.3, 0.4) is 0 Å². The van der Waals surface area contributed by atoms with Crippen molar-refractivity contribution in [3.63, 3.8) is 0 Å². The second-order valence-electron chi connectivity index (χ2n) is 16.2. The standard InChI is InChI=1S/C45H54N4O8/c1-28-24-40(50)56-39-26-30(21-22-31(28)39)47-41(51)37(20-12-13-23-46-43(53)57-45(2,3)4)48-42(52)38(25-29-14-6-5-7-15-29)49-44(54)55-27-36-34-18-10-8-16-32(34)33-17-9-11-19-35(33)36/h8-11,16-19,21-22,24,26,29,36-38H,5-7,12-15,20,23,25,27H2,1-4H3,(H,46,53)(H,47,51)(H,48,52)(H,49,54)/t37-,38-/m0/s1. The second kappa shape index (κ2) is 18.5. The largest absolute Gasteiger partial charge is 0.449 e. The Morgan fingerprint density at radius 1 is 0.807 bits per heavy atom. The molecule has 4 N–H and O–H groups in total. The summed E-state index contributed by atoms with van der Waals surface area (Å²) < 4.78 is 16.6. The van der Waals surface area contributed by atoms with E-state index >= 15 is 0 Å². The summed E-state index contributed by atoms with van der Waals surface area (Å²) >= 11 is 0. The summed E-state index contributed by atoms with van der Waals surface area (Å²) in [5.41, 5.74) is 4.73. The molecule has 3 aromatic carbocycles. The molecule has 2 aliphatic carbocycles. The van der Waals surface area contributed by atoms with E-state index in [0.29, 0.717) is 37.1 Å². The van der Waals surface area contributed by atoms with E-state index in [-0.39, 0.29) is 24.9 Å². The maximum atomic E-state index is 14.2. The van der Waals surface area contributed by atoms with Gasteiger partial charge in [-0.1, -0.05) is 80.6 Å². The van der Waals surface area contributed by atoms with Gasteiger partial charge in [-0.15, -0.1) is 0 Å². The van der Waals surface area contributed by atoms with Gasteiger partial charge < -0.3 is 35.2 Å². The molecule has 12 heteroatoms. The minimum absolute atomic E-state index is 0.103. The zero-order valence-corrected chi connectivity index (χ0v) is 33.3. The van der Waals surface area contributed by atoms with Crippen LogP contribution in [0.1, 0.15) is 101 Å². The normalized spacial score (nSPS) is 15.2. The smallest absolute Gasteiger partial charge is 0.407 e. The summed E-state index contributed by atoms with van der Waals surface area (Å²) in [5.74, 6) is -0.874. The quantitative estimate of drug-likeness (QED) is 0.0737. The molecule has 0 radical (unpaired) electrons. The second-order valence-corrected chi connectivity index (χ2v) is 16.2. The molecule has 4 amide bonds. The summed E-state index contributed by atoms with van der Waals surface area (Å²) in [4.78, 5) is 65.9. The first kappa shape index (κ1) is 41.0. The van der Waals surface area contributed by atoms with Crippen LogP contribution in [0, 0.1) is 12.8 Å². The Labute approximate surface area is 333 Å². The molecule has 1 aromatic heterocycles. The van der Waals surface area contributed by atoms with Gasteiger partial charge in [-0.3, -0.25) is 9.59 Å². The third-order valence-electron chi connectivity index (χ3n) is 10.7. The van der Waals surface area contributed by atoms with Crippen molar-refractivity contribution in [2.45, 2.75) is 109 Å².